The van der Waals surface area contributed by atoms with Gasteiger partial charge in [0.05, 0.1) is 0 Å². The molecule has 0 aromatic heterocycles. The first-order chi connectivity index (χ1) is 7.50. The number of hydrogen-bond donors (Lipinski definition) is 1. The lowest BCUT2D eigenvalue weighted by atomic mass is 10.1. The van der Waals surface area contributed by atoms with Crippen molar-refractivity contribution in [1.29, 1.82) is 0 Å². The second-order valence-electron chi connectivity index (χ2n) is 3.49. The first kappa shape index (κ1) is 12.0. The van der Waals surface area contributed by atoms with Gasteiger partial charge in [-0.1, -0.05) is 18.2 Å². The fourth-order valence-corrected chi connectivity index (χ4v) is 1.13. The van der Waals surface area contributed by atoms with Gasteiger partial charge < -0.3 is 10.0 Å². The van der Waals surface area contributed by atoms with Crippen LogP contribution < -0.4 is 4.90 Å². The van der Waals surface area contributed by atoms with Gasteiger partial charge in [-0.15, -0.1) is 0 Å². The van der Waals surface area contributed by atoms with Crippen LogP contribution in [0.15, 0.2) is 30.3 Å². The maximum atomic E-state index is 10.8. The van der Waals surface area contributed by atoms with Crippen molar-refractivity contribution in [3.05, 3.63) is 35.9 Å². The maximum Gasteiger partial charge on any atom is 0.376 e. The third-order valence-corrected chi connectivity index (χ3v) is 2.05. The quantitative estimate of drug-likeness (QED) is 0.614. The Balaban J connectivity index is 2.76. The van der Waals surface area contributed by atoms with Crippen LogP contribution in [0.5, 0.6) is 0 Å². The summed E-state index contributed by atoms with van der Waals surface area (Å²) in [6.45, 7) is 0. The molecule has 0 heterocycles. The predicted molar refractivity (Wildman–Crippen MR) is 62.4 cm³/mol. The summed E-state index contributed by atoms with van der Waals surface area (Å²) < 4.78 is 0. The zero-order valence-electron chi connectivity index (χ0n) is 9.18. The van der Waals surface area contributed by atoms with Gasteiger partial charge in [0.25, 0.3) is 5.78 Å². The number of benzene rings is 1. The van der Waals surface area contributed by atoms with Crippen LogP contribution in [0.3, 0.4) is 0 Å². The number of ketones is 1. The minimum absolute atomic E-state index is 0.792. The molecule has 4 heteroatoms. The first-order valence-electron chi connectivity index (χ1n) is 4.73. The van der Waals surface area contributed by atoms with Gasteiger partial charge in [0.2, 0.25) is 0 Å². The topological polar surface area (TPSA) is 57.6 Å². The Morgan fingerprint density at radius 3 is 2.19 bits per heavy atom. The number of carboxylic acid groups (broad SMARTS) is 1. The van der Waals surface area contributed by atoms with E-state index in [-0.39, 0.29) is 0 Å². The van der Waals surface area contributed by atoms with E-state index in [4.69, 9.17) is 5.11 Å². The number of anilines is 1. The van der Waals surface area contributed by atoms with Gasteiger partial charge in [0, 0.05) is 19.8 Å². The minimum Gasteiger partial charge on any atom is -0.475 e. The van der Waals surface area contributed by atoms with Crippen molar-refractivity contribution < 1.29 is 14.7 Å². The Kier molecular flexibility index (Phi) is 3.83. The second-order valence-corrected chi connectivity index (χ2v) is 3.49. The average molecular weight is 219 g/mol. The Morgan fingerprint density at radius 1 is 1.19 bits per heavy atom. The average Bonchev–Trinajstić information content (AvgIpc) is 2.26. The molecule has 0 bridgehead atoms. The highest BCUT2D eigenvalue weighted by molar-refractivity contribution is 6.38. The van der Waals surface area contributed by atoms with Crippen LogP contribution in [0, 0.1) is 0 Å². The van der Waals surface area contributed by atoms with E-state index in [2.05, 4.69) is 0 Å². The van der Waals surface area contributed by atoms with E-state index in [0.717, 1.165) is 17.3 Å². The number of nitrogens with zero attached hydrogens (tertiary/aromatic N) is 1. The highest BCUT2D eigenvalue weighted by Crippen LogP contribution is 2.12. The summed E-state index contributed by atoms with van der Waals surface area (Å²) in [5.41, 5.74) is 1.84. The molecule has 0 amide bonds. The van der Waals surface area contributed by atoms with E-state index in [9.17, 15) is 9.59 Å². The molecule has 0 atom stereocenters. The lowest BCUT2D eigenvalue weighted by Gasteiger charge is -2.11. The van der Waals surface area contributed by atoms with Crippen LogP contribution in [-0.2, 0) is 9.59 Å². The maximum absolute atomic E-state index is 10.8. The Morgan fingerprint density at radius 2 is 1.75 bits per heavy atom. The third kappa shape index (κ3) is 3.24. The number of carboxylic acids is 1. The standard InChI is InChI=1S/C12H13NO3/c1-13(2)10-6-3-9(4-7-10)5-8-11(14)12(15)16/h3-8H,1-2H3,(H,15,16)/b8-5-. The predicted octanol–water partition coefficient (Wildman–Crippen LogP) is 1.42. The lowest BCUT2D eigenvalue weighted by Crippen LogP contribution is -2.08. The highest BCUT2D eigenvalue weighted by atomic mass is 16.4. The molecule has 0 unspecified atom stereocenters. The summed E-state index contributed by atoms with van der Waals surface area (Å²) in [6, 6.07) is 7.43. The van der Waals surface area contributed by atoms with Crippen molar-refractivity contribution in [2.45, 2.75) is 0 Å². The van der Waals surface area contributed by atoms with Crippen LogP contribution in [-0.4, -0.2) is 31.0 Å². The molecule has 84 valence electrons. The van der Waals surface area contributed by atoms with Gasteiger partial charge in [0.1, 0.15) is 0 Å². The van der Waals surface area contributed by atoms with Crippen molar-refractivity contribution in [3.8, 4) is 0 Å². The molecule has 0 aliphatic heterocycles. The zero-order valence-corrected chi connectivity index (χ0v) is 9.18. The molecule has 0 aliphatic rings. The summed E-state index contributed by atoms with van der Waals surface area (Å²) in [7, 11) is 3.86. The molecule has 0 radical (unpaired) electrons. The third-order valence-electron chi connectivity index (χ3n) is 2.05. The molecule has 0 fully saturated rings. The SMILES string of the molecule is CN(C)c1ccc(/C=C\C(=O)C(=O)O)cc1. The molecule has 1 rings (SSSR count). The molecule has 0 saturated carbocycles. The molecule has 4 nitrogen and oxygen atoms in total. The summed E-state index contributed by atoms with van der Waals surface area (Å²) in [6.07, 6.45) is 2.53. The number of hydrogen-bond acceptors (Lipinski definition) is 3. The fourth-order valence-electron chi connectivity index (χ4n) is 1.13. The van der Waals surface area contributed by atoms with Gasteiger partial charge in [-0.25, -0.2) is 4.79 Å². The van der Waals surface area contributed by atoms with Crippen LogP contribution in [0.4, 0.5) is 5.69 Å². The van der Waals surface area contributed by atoms with Gasteiger partial charge >= 0.3 is 5.97 Å². The molecule has 0 aliphatic carbocycles. The van der Waals surface area contributed by atoms with Crippen LogP contribution >= 0.6 is 0 Å². The van der Waals surface area contributed by atoms with E-state index in [1.165, 1.54) is 6.08 Å². The van der Waals surface area contributed by atoms with Gasteiger partial charge in [0.15, 0.2) is 0 Å². The van der Waals surface area contributed by atoms with Crippen LogP contribution in [0.2, 0.25) is 0 Å². The lowest BCUT2D eigenvalue weighted by molar-refractivity contribution is -0.146. The first-order valence-corrected chi connectivity index (χ1v) is 4.73. The van der Waals surface area contributed by atoms with E-state index in [1.54, 1.807) is 0 Å². The van der Waals surface area contributed by atoms with Gasteiger partial charge in [-0.3, -0.25) is 4.79 Å². The van der Waals surface area contributed by atoms with Crippen LogP contribution in [0.25, 0.3) is 6.08 Å². The van der Waals surface area contributed by atoms with E-state index in [1.807, 2.05) is 43.3 Å². The molecule has 16 heavy (non-hydrogen) atoms. The monoisotopic (exact) mass is 219 g/mol. The molecule has 0 saturated heterocycles. The van der Waals surface area contributed by atoms with Gasteiger partial charge in [-0.2, -0.15) is 0 Å². The summed E-state index contributed by atoms with van der Waals surface area (Å²) in [5.74, 6) is -2.36. The van der Waals surface area contributed by atoms with Crippen molar-refractivity contribution in [2.24, 2.45) is 0 Å². The summed E-state index contributed by atoms with van der Waals surface area (Å²) >= 11 is 0. The number of carbonyl (C=O) groups is 2. The molecule has 1 aromatic rings. The normalized spacial score (nSPS) is 10.4. The Bertz CT molecular complexity index is 418. The highest BCUT2D eigenvalue weighted by Gasteiger charge is 2.05. The van der Waals surface area contributed by atoms with E-state index in [0.29, 0.717) is 0 Å². The van der Waals surface area contributed by atoms with Gasteiger partial charge in [-0.05, 0) is 23.8 Å². The minimum atomic E-state index is -1.44. The van der Waals surface area contributed by atoms with Crippen molar-refractivity contribution >= 4 is 23.5 Å². The van der Waals surface area contributed by atoms with E-state index >= 15 is 0 Å². The summed E-state index contributed by atoms with van der Waals surface area (Å²) in [5, 5.41) is 8.37. The van der Waals surface area contributed by atoms with Crippen molar-refractivity contribution in [2.75, 3.05) is 19.0 Å². The largest absolute Gasteiger partial charge is 0.475 e. The van der Waals surface area contributed by atoms with Crippen molar-refractivity contribution in [3.63, 3.8) is 0 Å². The zero-order chi connectivity index (χ0) is 12.1. The molecule has 0 spiro atoms. The molecule has 1 aromatic carbocycles. The fraction of sp³-hybridized carbons (Fsp3) is 0.167. The molecule has 1 N–H and O–H groups in total. The van der Waals surface area contributed by atoms with Crippen LogP contribution in [0.1, 0.15) is 5.56 Å². The Labute approximate surface area is 93.8 Å². The summed E-state index contributed by atoms with van der Waals surface area (Å²) in [4.78, 5) is 23.0. The number of rotatable bonds is 4. The van der Waals surface area contributed by atoms with E-state index < -0.39 is 11.8 Å². The molecular weight excluding hydrogens is 206 g/mol. The number of aliphatic carboxylic acids is 1. The molecular formula is C12H13NO3. The second kappa shape index (κ2) is 5.11. The number of carbonyl (C=O) groups excluding carboxylic acids is 1. The smallest absolute Gasteiger partial charge is 0.376 e. The Hall–Kier alpha value is -2.10. The van der Waals surface area contributed by atoms with Crippen molar-refractivity contribution in [1.82, 2.24) is 0 Å².